The normalized spacial score (nSPS) is 10.7. The van der Waals surface area contributed by atoms with Crippen LogP contribution in [-0.4, -0.2) is 31.5 Å². The van der Waals surface area contributed by atoms with E-state index in [9.17, 15) is 9.59 Å². The van der Waals surface area contributed by atoms with Crippen LogP contribution in [0.4, 0.5) is 0 Å². The summed E-state index contributed by atoms with van der Waals surface area (Å²) in [6, 6.07) is 0. The number of alkyl halides is 1. The number of allylic oxidation sites excluding steroid dienone is 2. The van der Waals surface area contributed by atoms with Gasteiger partial charge in [-0.3, -0.25) is 0 Å². The molecule has 0 bridgehead atoms. The van der Waals surface area contributed by atoms with Crippen LogP contribution in [0, 0.1) is 17.3 Å². The van der Waals surface area contributed by atoms with Gasteiger partial charge >= 0.3 is 11.9 Å². The molecule has 0 radical (unpaired) electrons. The number of rotatable bonds is 5. The summed E-state index contributed by atoms with van der Waals surface area (Å²) in [7, 11) is 2.45. The second kappa shape index (κ2) is 8.76. The molecule has 0 fully saturated rings. The molecule has 0 saturated carbocycles. The summed E-state index contributed by atoms with van der Waals surface area (Å²) in [5.41, 5.74) is -1.57. The fourth-order valence-corrected chi connectivity index (χ4v) is 1.58. The van der Waals surface area contributed by atoms with Crippen molar-refractivity contribution in [3.63, 3.8) is 0 Å². The zero-order valence-corrected chi connectivity index (χ0v) is 12.4. The SMILES string of the molecule is CCC#CC(CC=CCBr)(C(=O)OC)C(=O)OC. The molecule has 0 aliphatic carbocycles. The minimum Gasteiger partial charge on any atom is -0.467 e. The number of carbonyl (C=O) groups excluding carboxylic acids is 2. The Morgan fingerprint density at radius 2 is 1.78 bits per heavy atom. The molecule has 0 heterocycles. The minimum atomic E-state index is -1.57. The Labute approximate surface area is 116 Å². The van der Waals surface area contributed by atoms with Gasteiger partial charge in [0.15, 0.2) is 0 Å². The molecule has 0 amide bonds. The lowest BCUT2D eigenvalue weighted by molar-refractivity contribution is -0.164. The van der Waals surface area contributed by atoms with Crippen molar-refractivity contribution in [1.82, 2.24) is 0 Å². The molecule has 0 aliphatic heterocycles. The van der Waals surface area contributed by atoms with Crippen molar-refractivity contribution < 1.29 is 19.1 Å². The van der Waals surface area contributed by atoms with Gasteiger partial charge in [0.25, 0.3) is 0 Å². The summed E-state index contributed by atoms with van der Waals surface area (Å²) in [5, 5.41) is 0.632. The lowest BCUT2D eigenvalue weighted by atomic mass is 9.84. The molecular weight excluding hydrogens is 300 g/mol. The van der Waals surface area contributed by atoms with Crippen LogP contribution < -0.4 is 0 Å². The van der Waals surface area contributed by atoms with Gasteiger partial charge in [0.1, 0.15) is 0 Å². The summed E-state index contributed by atoms with van der Waals surface area (Å²) in [6.45, 7) is 1.83. The summed E-state index contributed by atoms with van der Waals surface area (Å²) in [6.07, 6.45) is 4.16. The molecule has 0 atom stereocenters. The number of hydrogen-bond donors (Lipinski definition) is 0. The van der Waals surface area contributed by atoms with Crippen molar-refractivity contribution in [2.24, 2.45) is 5.41 Å². The molecule has 0 aromatic carbocycles. The zero-order chi connectivity index (χ0) is 14.0. The highest BCUT2D eigenvalue weighted by Crippen LogP contribution is 2.26. The fourth-order valence-electron chi connectivity index (χ4n) is 1.31. The van der Waals surface area contributed by atoms with E-state index in [1.54, 1.807) is 12.2 Å². The average molecular weight is 317 g/mol. The van der Waals surface area contributed by atoms with Crippen LogP contribution in [0.2, 0.25) is 0 Å². The molecule has 0 saturated heterocycles. The van der Waals surface area contributed by atoms with Crippen molar-refractivity contribution in [2.45, 2.75) is 19.8 Å². The first-order valence-electron chi connectivity index (χ1n) is 5.46. The number of methoxy groups -OCH3 is 2. The van der Waals surface area contributed by atoms with E-state index in [4.69, 9.17) is 0 Å². The number of ether oxygens (including phenoxy) is 2. The maximum absolute atomic E-state index is 11.9. The predicted octanol–water partition coefficient (Wildman–Crippen LogP) is 2.07. The van der Waals surface area contributed by atoms with Crippen LogP contribution in [0.5, 0.6) is 0 Å². The predicted molar refractivity (Wildman–Crippen MR) is 72.1 cm³/mol. The summed E-state index contributed by atoms with van der Waals surface area (Å²) < 4.78 is 9.36. The maximum Gasteiger partial charge on any atom is 0.335 e. The topological polar surface area (TPSA) is 52.6 Å². The van der Waals surface area contributed by atoms with Gasteiger partial charge in [0.2, 0.25) is 5.41 Å². The smallest absolute Gasteiger partial charge is 0.335 e. The van der Waals surface area contributed by atoms with Gasteiger partial charge in [-0.25, -0.2) is 9.59 Å². The van der Waals surface area contributed by atoms with Crippen molar-refractivity contribution in [3.05, 3.63) is 12.2 Å². The number of halogens is 1. The highest BCUT2D eigenvalue weighted by Gasteiger charge is 2.46. The van der Waals surface area contributed by atoms with E-state index in [1.807, 2.05) is 6.92 Å². The molecule has 18 heavy (non-hydrogen) atoms. The number of carbonyl (C=O) groups is 2. The molecule has 0 N–H and O–H groups in total. The average Bonchev–Trinajstić information content (AvgIpc) is 2.41. The molecule has 0 aliphatic rings. The quantitative estimate of drug-likeness (QED) is 0.256. The zero-order valence-electron chi connectivity index (χ0n) is 10.8. The summed E-state index contributed by atoms with van der Waals surface area (Å²) >= 11 is 3.22. The monoisotopic (exact) mass is 316 g/mol. The van der Waals surface area contributed by atoms with Gasteiger partial charge in [-0.05, 0) is 0 Å². The Hall–Kier alpha value is -1.28. The van der Waals surface area contributed by atoms with Crippen LogP contribution in [0.15, 0.2) is 12.2 Å². The fraction of sp³-hybridized carbons (Fsp3) is 0.538. The molecule has 5 heteroatoms. The standard InChI is InChI=1S/C13H17BrO4/c1-4-5-8-13(11(15)17-2,12(16)18-3)9-6-7-10-14/h6-7H,4,9-10H2,1-3H3. The molecule has 0 aromatic rings. The molecule has 4 nitrogen and oxygen atoms in total. The third-order valence-electron chi connectivity index (χ3n) is 2.23. The third kappa shape index (κ3) is 4.19. The van der Waals surface area contributed by atoms with Gasteiger partial charge in [0, 0.05) is 18.2 Å². The lowest BCUT2D eigenvalue weighted by Gasteiger charge is -2.21. The largest absolute Gasteiger partial charge is 0.467 e. The number of esters is 2. The molecule has 0 unspecified atom stereocenters. The van der Waals surface area contributed by atoms with Crippen molar-refractivity contribution in [1.29, 1.82) is 0 Å². The first-order chi connectivity index (χ1) is 8.58. The second-order valence-electron chi connectivity index (χ2n) is 3.37. The van der Waals surface area contributed by atoms with Crippen LogP contribution >= 0.6 is 15.9 Å². The Morgan fingerprint density at radius 1 is 1.22 bits per heavy atom. The maximum atomic E-state index is 11.9. The molecule has 0 aromatic heterocycles. The molecule has 0 rings (SSSR count). The van der Waals surface area contributed by atoms with Crippen LogP contribution in [0.3, 0.4) is 0 Å². The van der Waals surface area contributed by atoms with Crippen LogP contribution in [0.25, 0.3) is 0 Å². The van der Waals surface area contributed by atoms with Gasteiger partial charge in [-0.15, -0.1) is 5.92 Å². The third-order valence-corrected chi connectivity index (χ3v) is 2.60. The van der Waals surface area contributed by atoms with Crippen molar-refractivity contribution in [2.75, 3.05) is 19.5 Å². The Balaban J connectivity index is 5.46. The highest BCUT2D eigenvalue weighted by atomic mass is 79.9. The van der Waals surface area contributed by atoms with Crippen LogP contribution in [-0.2, 0) is 19.1 Å². The van der Waals surface area contributed by atoms with E-state index < -0.39 is 17.4 Å². The van der Waals surface area contributed by atoms with Gasteiger partial charge in [-0.2, -0.15) is 0 Å². The van der Waals surface area contributed by atoms with E-state index in [2.05, 4.69) is 37.2 Å². The summed E-state index contributed by atoms with van der Waals surface area (Å²) in [4.78, 5) is 23.7. The first-order valence-corrected chi connectivity index (χ1v) is 6.59. The molecule has 0 spiro atoms. The highest BCUT2D eigenvalue weighted by molar-refractivity contribution is 9.09. The van der Waals surface area contributed by atoms with E-state index >= 15 is 0 Å². The molecular formula is C13H17BrO4. The second-order valence-corrected chi connectivity index (χ2v) is 4.02. The van der Waals surface area contributed by atoms with E-state index in [1.165, 1.54) is 14.2 Å². The van der Waals surface area contributed by atoms with Gasteiger partial charge in [0.05, 0.1) is 14.2 Å². The van der Waals surface area contributed by atoms with Crippen molar-refractivity contribution in [3.8, 4) is 11.8 Å². The Kier molecular flexibility index (Phi) is 8.14. The van der Waals surface area contributed by atoms with Crippen LogP contribution in [0.1, 0.15) is 19.8 Å². The lowest BCUT2D eigenvalue weighted by Crippen LogP contribution is -2.39. The number of hydrogen-bond acceptors (Lipinski definition) is 4. The summed E-state index contributed by atoms with van der Waals surface area (Å²) in [5.74, 6) is 4.03. The van der Waals surface area contributed by atoms with Gasteiger partial charge in [-0.1, -0.05) is 40.9 Å². The van der Waals surface area contributed by atoms with E-state index in [-0.39, 0.29) is 6.42 Å². The Bertz CT molecular complexity index is 360. The first kappa shape index (κ1) is 16.7. The Morgan fingerprint density at radius 3 is 2.17 bits per heavy atom. The molecule has 100 valence electrons. The van der Waals surface area contributed by atoms with Crippen molar-refractivity contribution >= 4 is 27.9 Å². The minimum absolute atomic E-state index is 0.130. The van der Waals surface area contributed by atoms with E-state index in [0.29, 0.717) is 11.8 Å². The van der Waals surface area contributed by atoms with Gasteiger partial charge < -0.3 is 9.47 Å². The van der Waals surface area contributed by atoms with E-state index in [0.717, 1.165) is 0 Å².